The fraction of sp³-hybridized carbons (Fsp3) is 0.250. The van der Waals surface area contributed by atoms with Gasteiger partial charge in [0, 0.05) is 12.6 Å². The zero-order valence-electron chi connectivity index (χ0n) is 16.6. The Morgan fingerprint density at radius 1 is 1.00 bits per heavy atom. The molecule has 154 valence electrons. The Morgan fingerprint density at radius 2 is 1.70 bits per heavy atom. The first-order chi connectivity index (χ1) is 14.6. The summed E-state index contributed by atoms with van der Waals surface area (Å²) in [6.07, 6.45) is 2.66. The van der Waals surface area contributed by atoms with Crippen LogP contribution in [-0.4, -0.2) is 36.1 Å². The van der Waals surface area contributed by atoms with E-state index in [4.69, 9.17) is 4.74 Å². The Morgan fingerprint density at radius 3 is 2.40 bits per heavy atom. The highest BCUT2D eigenvalue weighted by Crippen LogP contribution is 2.26. The van der Waals surface area contributed by atoms with Crippen molar-refractivity contribution in [2.24, 2.45) is 0 Å². The summed E-state index contributed by atoms with van der Waals surface area (Å²) in [4.78, 5) is 24.9. The van der Waals surface area contributed by atoms with Crippen molar-refractivity contribution >= 4 is 22.6 Å². The molecule has 0 unspecified atom stereocenters. The maximum Gasteiger partial charge on any atom is 0.258 e. The van der Waals surface area contributed by atoms with E-state index >= 15 is 0 Å². The molecule has 2 amide bonds. The lowest BCUT2D eigenvalue weighted by Crippen LogP contribution is -2.31. The molecule has 30 heavy (non-hydrogen) atoms. The van der Waals surface area contributed by atoms with Gasteiger partial charge in [-0.25, -0.2) is 0 Å². The number of benzene rings is 3. The minimum atomic E-state index is -0.253. The van der Waals surface area contributed by atoms with Crippen LogP contribution in [0.2, 0.25) is 0 Å². The van der Waals surface area contributed by atoms with Crippen molar-refractivity contribution in [3.8, 4) is 11.5 Å². The van der Waals surface area contributed by atoms with Gasteiger partial charge in [0.2, 0.25) is 0 Å². The maximum atomic E-state index is 12.9. The Hall–Kier alpha value is -3.54. The standard InChI is InChI=1S/C24H24N2O4/c27-20-9-5-16(6-10-20)11-12-25-24(29)21-13-17-3-1-2-4-18(17)14-22(21)30-15-23(28)26-19-7-8-19/h1-6,9-10,13-14,19,27H,7-8,11-12,15H2,(H,25,29)(H,26,28). The molecule has 0 atom stereocenters. The molecule has 0 aromatic heterocycles. The van der Waals surface area contributed by atoms with Crippen molar-refractivity contribution in [1.82, 2.24) is 10.6 Å². The molecule has 6 heteroatoms. The normalized spacial score (nSPS) is 13.1. The largest absolute Gasteiger partial charge is 0.508 e. The first kappa shape index (κ1) is 19.8. The number of phenols is 1. The number of amides is 2. The number of hydrogen-bond donors (Lipinski definition) is 3. The van der Waals surface area contributed by atoms with Crippen molar-refractivity contribution in [3.63, 3.8) is 0 Å². The molecule has 1 fully saturated rings. The average Bonchev–Trinajstić information content (AvgIpc) is 3.57. The van der Waals surface area contributed by atoms with E-state index in [2.05, 4.69) is 10.6 Å². The highest BCUT2D eigenvalue weighted by atomic mass is 16.5. The van der Waals surface area contributed by atoms with Crippen LogP contribution in [-0.2, 0) is 11.2 Å². The third kappa shape index (κ3) is 5.08. The van der Waals surface area contributed by atoms with Crippen molar-refractivity contribution in [2.75, 3.05) is 13.2 Å². The molecule has 3 N–H and O–H groups in total. The first-order valence-electron chi connectivity index (χ1n) is 10.1. The monoisotopic (exact) mass is 404 g/mol. The summed E-state index contributed by atoms with van der Waals surface area (Å²) in [5.74, 6) is 0.176. The summed E-state index contributed by atoms with van der Waals surface area (Å²) < 4.78 is 5.73. The topological polar surface area (TPSA) is 87.7 Å². The van der Waals surface area contributed by atoms with Crippen LogP contribution >= 0.6 is 0 Å². The average molecular weight is 404 g/mol. The Bertz CT molecular complexity index is 1060. The molecule has 6 nitrogen and oxygen atoms in total. The second-order valence-electron chi connectivity index (χ2n) is 7.50. The van der Waals surface area contributed by atoms with Crippen LogP contribution in [0.1, 0.15) is 28.8 Å². The van der Waals surface area contributed by atoms with E-state index in [0.717, 1.165) is 29.2 Å². The molecule has 1 saturated carbocycles. The highest BCUT2D eigenvalue weighted by Gasteiger charge is 2.23. The molecule has 0 aliphatic heterocycles. The third-order valence-electron chi connectivity index (χ3n) is 5.03. The van der Waals surface area contributed by atoms with E-state index in [1.54, 1.807) is 24.3 Å². The van der Waals surface area contributed by atoms with Gasteiger partial charge < -0.3 is 20.5 Å². The quantitative estimate of drug-likeness (QED) is 0.538. The number of phenolic OH excluding ortho intramolecular Hbond substituents is 1. The zero-order chi connectivity index (χ0) is 20.9. The third-order valence-corrected chi connectivity index (χ3v) is 5.03. The second-order valence-corrected chi connectivity index (χ2v) is 7.50. The van der Waals surface area contributed by atoms with E-state index in [1.807, 2.05) is 36.4 Å². The van der Waals surface area contributed by atoms with Gasteiger partial charge in [-0.15, -0.1) is 0 Å². The molecule has 0 saturated heterocycles. The van der Waals surface area contributed by atoms with E-state index in [-0.39, 0.29) is 30.2 Å². The first-order valence-corrected chi connectivity index (χ1v) is 10.1. The smallest absolute Gasteiger partial charge is 0.258 e. The molecular formula is C24H24N2O4. The lowest BCUT2D eigenvalue weighted by atomic mass is 10.0. The number of ether oxygens (including phenoxy) is 1. The molecular weight excluding hydrogens is 380 g/mol. The summed E-state index contributed by atoms with van der Waals surface area (Å²) >= 11 is 0. The molecule has 1 aliphatic rings. The zero-order valence-corrected chi connectivity index (χ0v) is 16.6. The number of fused-ring (bicyclic) bond motifs is 1. The van der Waals surface area contributed by atoms with Gasteiger partial charge in [0.1, 0.15) is 11.5 Å². The van der Waals surface area contributed by atoms with Gasteiger partial charge >= 0.3 is 0 Å². The van der Waals surface area contributed by atoms with E-state index < -0.39 is 0 Å². The van der Waals surface area contributed by atoms with Crippen molar-refractivity contribution < 1.29 is 19.4 Å². The van der Waals surface area contributed by atoms with Gasteiger partial charge in [-0.1, -0.05) is 36.4 Å². The van der Waals surface area contributed by atoms with Gasteiger partial charge in [-0.3, -0.25) is 9.59 Å². The summed E-state index contributed by atoms with van der Waals surface area (Å²) in [6.45, 7) is 0.320. The SMILES string of the molecule is O=C(COc1cc2ccccc2cc1C(=O)NCCc1ccc(O)cc1)NC1CC1. The molecule has 1 aliphatic carbocycles. The van der Waals surface area contributed by atoms with Gasteiger partial charge in [0.25, 0.3) is 11.8 Å². The number of nitrogens with one attached hydrogen (secondary N) is 2. The predicted molar refractivity (Wildman–Crippen MR) is 115 cm³/mol. The van der Waals surface area contributed by atoms with Gasteiger partial charge in [0.05, 0.1) is 5.56 Å². The fourth-order valence-corrected chi connectivity index (χ4v) is 3.23. The summed E-state index contributed by atoms with van der Waals surface area (Å²) in [7, 11) is 0. The molecule has 0 spiro atoms. The number of rotatable bonds is 8. The van der Waals surface area contributed by atoms with Crippen LogP contribution in [0.25, 0.3) is 10.8 Å². The minimum absolute atomic E-state index is 0.122. The molecule has 4 rings (SSSR count). The van der Waals surface area contributed by atoms with Crippen LogP contribution in [0.4, 0.5) is 0 Å². The lowest BCUT2D eigenvalue weighted by molar-refractivity contribution is -0.123. The van der Waals surface area contributed by atoms with Crippen LogP contribution in [0.15, 0.2) is 60.7 Å². The fourth-order valence-electron chi connectivity index (χ4n) is 3.23. The molecule has 0 radical (unpaired) electrons. The molecule has 0 heterocycles. The minimum Gasteiger partial charge on any atom is -0.508 e. The van der Waals surface area contributed by atoms with E-state index in [1.165, 1.54) is 0 Å². The van der Waals surface area contributed by atoms with Crippen LogP contribution in [0.3, 0.4) is 0 Å². The predicted octanol–water partition coefficient (Wildman–Crippen LogP) is 3.18. The van der Waals surface area contributed by atoms with Crippen molar-refractivity contribution in [3.05, 3.63) is 71.8 Å². The molecule has 3 aromatic carbocycles. The Balaban J connectivity index is 1.46. The number of carbonyl (C=O) groups excluding carboxylic acids is 2. The second kappa shape index (κ2) is 8.86. The summed E-state index contributed by atoms with van der Waals surface area (Å²) in [5, 5.41) is 17.0. The van der Waals surface area contributed by atoms with Crippen LogP contribution in [0.5, 0.6) is 11.5 Å². The summed E-state index contributed by atoms with van der Waals surface area (Å²) in [5.41, 5.74) is 1.42. The van der Waals surface area contributed by atoms with Gasteiger partial charge in [-0.05, 0) is 59.9 Å². The Kier molecular flexibility index (Phi) is 5.84. The van der Waals surface area contributed by atoms with Crippen LogP contribution < -0.4 is 15.4 Å². The Labute approximate surface area is 174 Å². The highest BCUT2D eigenvalue weighted by molar-refractivity contribution is 6.01. The number of hydrogen-bond acceptors (Lipinski definition) is 4. The number of aromatic hydroxyl groups is 1. The summed E-state index contributed by atoms with van der Waals surface area (Å²) in [6, 6.07) is 18.5. The van der Waals surface area contributed by atoms with Crippen molar-refractivity contribution in [1.29, 1.82) is 0 Å². The van der Waals surface area contributed by atoms with Crippen molar-refractivity contribution in [2.45, 2.75) is 25.3 Å². The molecule has 3 aromatic rings. The van der Waals surface area contributed by atoms with Gasteiger partial charge in [0.15, 0.2) is 6.61 Å². The lowest BCUT2D eigenvalue weighted by Gasteiger charge is -2.13. The molecule has 0 bridgehead atoms. The van der Waals surface area contributed by atoms with Gasteiger partial charge in [-0.2, -0.15) is 0 Å². The van der Waals surface area contributed by atoms with Crippen LogP contribution in [0, 0.1) is 0 Å². The van der Waals surface area contributed by atoms with E-state index in [9.17, 15) is 14.7 Å². The number of carbonyl (C=O) groups is 2. The van der Waals surface area contributed by atoms with E-state index in [0.29, 0.717) is 24.3 Å². The maximum absolute atomic E-state index is 12.9.